The number of ether oxygens (including phenoxy) is 1. The van der Waals surface area contributed by atoms with Crippen LogP contribution in [0, 0.1) is 10.1 Å². The highest BCUT2D eigenvalue weighted by Crippen LogP contribution is 2.22. The molecule has 0 unspecified atom stereocenters. The van der Waals surface area contributed by atoms with Crippen LogP contribution in [0.3, 0.4) is 0 Å². The highest BCUT2D eigenvalue weighted by Gasteiger charge is 2.30. The van der Waals surface area contributed by atoms with Gasteiger partial charge in [0.15, 0.2) is 0 Å². The first kappa shape index (κ1) is 21.5. The van der Waals surface area contributed by atoms with E-state index in [2.05, 4.69) is 4.74 Å². The lowest BCUT2D eigenvalue weighted by Gasteiger charge is -2.33. The van der Waals surface area contributed by atoms with E-state index in [1.807, 2.05) is 4.90 Å². The average Bonchev–Trinajstić information content (AvgIpc) is 2.61. The van der Waals surface area contributed by atoms with Crippen LogP contribution in [0.15, 0.2) is 29.2 Å². The molecule has 0 aromatic heterocycles. The maximum absolute atomic E-state index is 12.6. The number of non-ortho nitro benzene ring substituents is 1. The van der Waals surface area contributed by atoms with Crippen molar-refractivity contribution in [1.82, 2.24) is 9.21 Å². The van der Waals surface area contributed by atoms with Gasteiger partial charge in [0.2, 0.25) is 10.0 Å². The minimum Gasteiger partial charge on any atom is -0.372 e. The van der Waals surface area contributed by atoms with E-state index in [4.69, 9.17) is 0 Å². The van der Waals surface area contributed by atoms with Gasteiger partial charge in [-0.2, -0.15) is 17.5 Å². The van der Waals surface area contributed by atoms with Gasteiger partial charge in [0.1, 0.15) is 6.61 Å². The number of nitro benzene ring substituents is 1. The van der Waals surface area contributed by atoms with Crippen LogP contribution < -0.4 is 0 Å². The van der Waals surface area contributed by atoms with Crippen molar-refractivity contribution in [1.29, 1.82) is 0 Å². The molecule has 0 aliphatic carbocycles. The molecule has 0 spiro atoms. The number of benzene rings is 1. The van der Waals surface area contributed by atoms with Gasteiger partial charge in [-0.05, 0) is 12.5 Å². The Hall–Kier alpha value is -1.76. The van der Waals surface area contributed by atoms with Crippen molar-refractivity contribution in [3.05, 3.63) is 34.4 Å². The summed E-state index contributed by atoms with van der Waals surface area (Å²) in [4.78, 5) is 12.0. The zero-order valence-corrected chi connectivity index (χ0v) is 15.2. The van der Waals surface area contributed by atoms with E-state index >= 15 is 0 Å². The Morgan fingerprint density at radius 2 is 1.85 bits per heavy atom. The molecule has 0 atom stereocenters. The second kappa shape index (κ2) is 8.95. The lowest BCUT2D eigenvalue weighted by Crippen LogP contribution is -2.48. The zero-order valence-electron chi connectivity index (χ0n) is 14.4. The summed E-state index contributed by atoms with van der Waals surface area (Å²) in [6.07, 6.45) is -3.93. The van der Waals surface area contributed by atoms with Crippen LogP contribution in [0.2, 0.25) is 0 Å². The minimum atomic E-state index is -4.34. The summed E-state index contributed by atoms with van der Waals surface area (Å²) in [6, 6.07) is 4.88. The Bertz CT molecular complexity index is 749. The van der Waals surface area contributed by atoms with E-state index in [0.717, 1.165) is 6.07 Å². The number of halogens is 3. The number of hydrogen-bond donors (Lipinski definition) is 0. The van der Waals surface area contributed by atoms with Crippen molar-refractivity contribution in [2.75, 3.05) is 45.9 Å². The van der Waals surface area contributed by atoms with E-state index in [1.54, 1.807) is 0 Å². The number of nitrogens with zero attached hydrogens (tertiary/aromatic N) is 3. The third-order valence-corrected chi connectivity index (χ3v) is 5.92. The van der Waals surface area contributed by atoms with Crippen molar-refractivity contribution >= 4 is 15.7 Å². The summed E-state index contributed by atoms with van der Waals surface area (Å²) < 4.78 is 66.9. The molecule has 0 bridgehead atoms. The van der Waals surface area contributed by atoms with Crippen molar-refractivity contribution in [2.24, 2.45) is 0 Å². The van der Waals surface area contributed by atoms with Crippen LogP contribution in [-0.2, 0) is 14.8 Å². The van der Waals surface area contributed by atoms with E-state index in [1.165, 1.54) is 22.5 Å². The molecule has 1 heterocycles. The number of alkyl halides is 3. The van der Waals surface area contributed by atoms with E-state index < -0.39 is 27.7 Å². The molecule has 27 heavy (non-hydrogen) atoms. The maximum Gasteiger partial charge on any atom is 0.411 e. The van der Waals surface area contributed by atoms with Crippen LogP contribution in [0.4, 0.5) is 18.9 Å². The van der Waals surface area contributed by atoms with Gasteiger partial charge < -0.3 is 9.64 Å². The number of nitro groups is 1. The van der Waals surface area contributed by atoms with Gasteiger partial charge in [-0.15, -0.1) is 0 Å². The molecule has 1 aromatic rings. The molecule has 1 saturated heterocycles. The Morgan fingerprint density at radius 3 is 2.44 bits per heavy atom. The van der Waals surface area contributed by atoms with Crippen molar-refractivity contribution in [3.8, 4) is 0 Å². The van der Waals surface area contributed by atoms with Gasteiger partial charge in [-0.25, -0.2) is 8.42 Å². The molecule has 12 heteroatoms. The molecule has 0 radical (unpaired) electrons. The topological polar surface area (TPSA) is 93.0 Å². The van der Waals surface area contributed by atoms with Crippen molar-refractivity contribution in [2.45, 2.75) is 17.5 Å². The number of hydrogen-bond acceptors (Lipinski definition) is 6. The normalized spacial score (nSPS) is 17.1. The minimum absolute atomic E-state index is 0.0221. The van der Waals surface area contributed by atoms with Gasteiger partial charge in [0, 0.05) is 51.5 Å². The monoisotopic (exact) mass is 411 g/mol. The van der Waals surface area contributed by atoms with Gasteiger partial charge in [0.05, 0.1) is 9.82 Å². The third kappa shape index (κ3) is 6.41. The molecular formula is C15H20F3N3O5S. The maximum atomic E-state index is 12.6. The van der Waals surface area contributed by atoms with Gasteiger partial charge >= 0.3 is 6.18 Å². The van der Waals surface area contributed by atoms with Gasteiger partial charge in [-0.1, -0.05) is 6.07 Å². The predicted molar refractivity (Wildman–Crippen MR) is 89.8 cm³/mol. The summed E-state index contributed by atoms with van der Waals surface area (Å²) in [5, 5.41) is 10.8. The summed E-state index contributed by atoms with van der Waals surface area (Å²) in [7, 11) is -3.83. The Kier molecular flexibility index (Phi) is 7.14. The summed E-state index contributed by atoms with van der Waals surface area (Å²) in [6.45, 7) is 0.459. The van der Waals surface area contributed by atoms with Crippen molar-refractivity contribution < 1.29 is 31.2 Å². The smallest absolute Gasteiger partial charge is 0.372 e. The Balaban J connectivity index is 1.82. The fourth-order valence-electron chi connectivity index (χ4n) is 2.68. The molecule has 152 valence electrons. The molecule has 0 amide bonds. The zero-order chi connectivity index (χ0) is 20.1. The lowest BCUT2D eigenvalue weighted by molar-refractivity contribution is -0.385. The highest BCUT2D eigenvalue weighted by atomic mass is 32.2. The number of sulfonamides is 1. The molecule has 1 aromatic carbocycles. The largest absolute Gasteiger partial charge is 0.411 e. The fourth-order valence-corrected chi connectivity index (χ4v) is 4.14. The first-order chi connectivity index (χ1) is 12.6. The molecule has 1 fully saturated rings. The van der Waals surface area contributed by atoms with Crippen LogP contribution in [-0.4, -0.2) is 74.7 Å². The second-order valence-corrected chi connectivity index (χ2v) is 7.96. The van der Waals surface area contributed by atoms with Crippen LogP contribution in [0.5, 0.6) is 0 Å². The van der Waals surface area contributed by atoms with Gasteiger partial charge in [-0.3, -0.25) is 10.1 Å². The Labute approximate surface area is 154 Å². The molecule has 1 aliphatic rings. The average molecular weight is 411 g/mol. The summed E-state index contributed by atoms with van der Waals surface area (Å²) in [5.41, 5.74) is -0.298. The van der Waals surface area contributed by atoms with Crippen LogP contribution in [0.25, 0.3) is 0 Å². The van der Waals surface area contributed by atoms with E-state index in [9.17, 15) is 31.7 Å². The first-order valence-corrected chi connectivity index (χ1v) is 9.65. The van der Waals surface area contributed by atoms with Crippen molar-refractivity contribution in [3.63, 3.8) is 0 Å². The van der Waals surface area contributed by atoms with E-state index in [0.29, 0.717) is 26.1 Å². The SMILES string of the molecule is O=[N+]([O-])c1cccc(S(=O)(=O)N2CCN(CCCOCC(F)(F)F)CC2)c1. The predicted octanol–water partition coefficient (Wildman–Crippen LogP) is 1.87. The molecule has 1 aliphatic heterocycles. The highest BCUT2D eigenvalue weighted by molar-refractivity contribution is 7.89. The third-order valence-electron chi connectivity index (χ3n) is 4.03. The fraction of sp³-hybridized carbons (Fsp3) is 0.600. The quantitative estimate of drug-likeness (QED) is 0.368. The number of rotatable bonds is 8. The second-order valence-electron chi connectivity index (χ2n) is 6.02. The molecular weight excluding hydrogens is 391 g/mol. The summed E-state index contributed by atoms with van der Waals surface area (Å²) >= 11 is 0. The van der Waals surface area contributed by atoms with Gasteiger partial charge in [0.25, 0.3) is 5.69 Å². The molecule has 2 rings (SSSR count). The van der Waals surface area contributed by atoms with Crippen LogP contribution >= 0.6 is 0 Å². The Morgan fingerprint density at radius 1 is 1.19 bits per heavy atom. The molecule has 0 saturated carbocycles. The first-order valence-electron chi connectivity index (χ1n) is 8.21. The van der Waals surface area contributed by atoms with Crippen LogP contribution in [0.1, 0.15) is 6.42 Å². The lowest BCUT2D eigenvalue weighted by atomic mass is 10.3. The standard InChI is InChI=1S/C15H20F3N3O5S/c16-15(17,18)12-26-10-2-5-19-6-8-20(9-7-19)27(24,25)14-4-1-3-13(11-14)21(22)23/h1,3-4,11H,2,5-10,12H2. The molecule has 0 N–H and O–H groups in total. The summed E-state index contributed by atoms with van der Waals surface area (Å²) in [5.74, 6) is 0. The number of piperazine rings is 1. The molecule has 8 nitrogen and oxygen atoms in total. The van der Waals surface area contributed by atoms with E-state index in [-0.39, 0.29) is 30.3 Å².